The second kappa shape index (κ2) is 5.33. The van der Waals surface area contributed by atoms with Crippen LogP contribution < -0.4 is 5.32 Å². The van der Waals surface area contributed by atoms with E-state index in [1.54, 1.807) is 0 Å². The molecule has 1 amide bonds. The van der Waals surface area contributed by atoms with Gasteiger partial charge in [0, 0.05) is 6.54 Å². The van der Waals surface area contributed by atoms with Gasteiger partial charge in [0.25, 0.3) is 0 Å². The highest BCUT2D eigenvalue weighted by Gasteiger charge is 2.32. The van der Waals surface area contributed by atoms with E-state index in [4.69, 9.17) is 0 Å². The average Bonchev–Trinajstić information content (AvgIpc) is 3.16. The van der Waals surface area contributed by atoms with Crippen molar-refractivity contribution in [3.63, 3.8) is 0 Å². The third-order valence-electron chi connectivity index (χ3n) is 4.27. The lowest BCUT2D eigenvalue weighted by Crippen LogP contribution is -2.31. The van der Waals surface area contributed by atoms with Crippen LogP contribution in [0.5, 0.6) is 0 Å². The molecule has 0 spiro atoms. The number of carbonyl (C=O) groups excluding carboxylic acids is 1. The van der Waals surface area contributed by atoms with Crippen molar-refractivity contribution in [3.05, 3.63) is 35.4 Å². The van der Waals surface area contributed by atoms with Crippen molar-refractivity contribution in [3.8, 4) is 0 Å². The molecule has 102 valence electrons. The van der Waals surface area contributed by atoms with Crippen LogP contribution in [0.2, 0.25) is 0 Å². The third kappa shape index (κ3) is 2.81. The van der Waals surface area contributed by atoms with Crippen molar-refractivity contribution in [2.24, 2.45) is 5.92 Å². The van der Waals surface area contributed by atoms with E-state index in [0.717, 1.165) is 18.9 Å². The summed E-state index contributed by atoms with van der Waals surface area (Å²) in [5.41, 5.74) is 2.49. The highest BCUT2D eigenvalue weighted by atomic mass is 16.2. The van der Waals surface area contributed by atoms with Crippen molar-refractivity contribution in [2.75, 3.05) is 13.1 Å². The zero-order valence-corrected chi connectivity index (χ0v) is 11.6. The molecule has 1 saturated heterocycles. The first-order valence-corrected chi connectivity index (χ1v) is 7.34. The van der Waals surface area contributed by atoms with Crippen molar-refractivity contribution in [1.29, 1.82) is 0 Å². The normalized spacial score (nSPS) is 23.1. The maximum absolute atomic E-state index is 12.0. The molecule has 0 aromatic heterocycles. The first-order chi connectivity index (χ1) is 9.25. The molecule has 1 saturated carbocycles. The molecule has 0 radical (unpaired) electrons. The van der Waals surface area contributed by atoms with E-state index in [1.165, 1.54) is 30.4 Å². The number of hydrogen-bond acceptors (Lipinski definition) is 2. The molecule has 0 bridgehead atoms. The number of nitrogens with one attached hydrogen (secondary N) is 1. The number of hydrogen-bond donors (Lipinski definition) is 1. The van der Waals surface area contributed by atoms with E-state index < -0.39 is 0 Å². The highest BCUT2D eigenvalue weighted by Crippen LogP contribution is 2.34. The largest absolute Gasteiger partial charge is 0.322 e. The lowest BCUT2D eigenvalue weighted by Gasteiger charge is -2.26. The Hall–Kier alpha value is -1.35. The highest BCUT2D eigenvalue weighted by molar-refractivity contribution is 5.81. The van der Waals surface area contributed by atoms with Crippen LogP contribution in [-0.4, -0.2) is 23.9 Å². The van der Waals surface area contributed by atoms with Gasteiger partial charge in [-0.15, -0.1) is 0 Å². The summed E-state index contributed by atoms with van der Waals surface area (Å²) in [6, 6.07) is 8.34. The van der Waals surface area contributed by atoms with Crippen molar-refractivity contribution < 1.29 is 4.79 Å². The van der Waals surface area contributed by atoms with Gasteiger partial charge in [-0.2, -0.15) is 0 Å². The molecule has 1 aromatic rings. The fourth-order valence-corrected chi connectivity index (χ4v) is 2.92. The van der Waals surface area contributed by atoms with E-state index >= 15 is 0 Å². The molecule has 3 heteroatoms. The molecule has 1 N–H and O–H groups in total. The molecule has 1 atom stereocenters. The second-order valence-electron chi connectivity index (χ2n) is 5.81. The summed E-state index contributed by atoms with van der Waals surface area (Å²) in [5, 5.41) is 3.34. The van der Waals surface area contributed by atoms with Crippen molar-refractivity contribution in [1.82, 2.24) is 10.2 Å². The van der Waals surface area contributed by atoms with Gasteiger partial charge in [0.05, 0.1) is 6.54 Å². The van der Waals surface area contributed by atoms with E-state index in [1.807, 2.05) is 11.0 Å². The Balaban J connectivity index is 1.68. The Labute approximate surface area is 115 Å². The molecule has 2 aliphatic rings. The van der Waals surface area contributed by atoms with Gasteiger partial charge in [-0.1, -0.05) is 37.1 Å². The van der Waals surface area contributed by atoms with E-state index in [0.29, 0.717) is 6.54 Å². The number of aryl methyl sites for hydroxylation is 1. The second-order valence-corrected chi connectivity index (χ2v) is 5.81. The molecule has 1 unspecified atom stereocenters. The van der Waals surface area contributed by atoms with Gasteiger partial charge >= 0.3 is 0 Å². The number of nitrogens with zero attached hydrogens (tertiary/aromatic N) is 1. The summed E-state index contributed by atoms with van der Waals surface area (Å²) >= 11 is 0. The lowest BCUT2D eigenvalue weighted by molar-refractivity contribution is -0.128. The van der Waals surface area contributed by atoms with Gasteiger partial charge in [-0.05, 0) is 36.8 Å². The van der Waals surface area contributed by atoms with Gasteiger partial charge < -0.3 is 4.90 Å². The number of rotatable bonds is 5. The molecular weight excluding hydrogens is 236 g/mol. The standard InChI is InChI=1S/C16H22N2O/c1-12-5-2-3-7-14(12)16-17-11-15(19)18(16)10-4-6-13-8-9-13/h2-3,5,7,13,16-17H,4,6,8-11H2,1H3. The first-order valence-electron chi connectivity index (χ1n) is 7.34. The Morgan fingerprint density at radius 3 is 2.84 bits per heavy atom. The van der Waals surface area contributed by atoms with Gasteiger partial charge in [-0.3, -0.25) is 10.1 Å². The van der Waals surface area contributed by atoms with E-state index in [2.05, 4.69) is 30.4 Å². The number of carbonyl (C=O) groups is 1. The SMILES string of the molecule is Cc1ccccc1C1NCC(=O)N1CCCC1CC1. The Bertz CT molecular complexity index is 468. The zero-order chi connectivity index (χ0) is 13.2. The van der Waals surface area contributed by atoms with Crippen LogP contribution in [0.25, 0.3) is 0 Å². The van der Waals surface area contributed by atoms with Crippen LogP contribution in [0.1, 0.15) is 43.0 Å². The Morgan fingerprint density at radius 2 is 2.11 bits per heavy atom. The maximum atomic E-state index is 12.0. The molecule has 3 rings (SSSR count). The number of amides is 1. The van der Waals surface area contributed by atoms with Gasteiger partial charge in [0.1, 0.15) is 6.17 Å². The molecule has 1 aliphatic carbocycles. The maximum Gasteiger partial charge on any atom is 0.238 e. The van der Waals surface area contributed by atoms with E-state index in [9.17, 15) is 4.79 Å². The average molecular weight is 258 g/mol. The molecule has 1 aromatic carbocycles. The van der Waals surface area contributed by atoms with Crippen LogP contribution in [0.3, 0.4) is 0 Å². The van der Waals surface area contributed by atoms with Crippen molar-refractivity contribution in [2.45, 2.75) is 38.8 Å². The summed E-state index contributed by atoms with van der Waals surface area (Å²) in [6.45, 7) is 3.48. The Morgan fingerprint density at radius 1 is 1.32 bits per heavy atom. The molecule has 19 heavy (non-hydrogen) atoms. The molecule has 2 fully saturated rings. The fraction of sp³-hybridized carbons (Fsp3) is 0.562. The number of benzene rings is 1. The van der Waals surface area contributed by atoms with Crippen molar-refractivity contribution >= 4 is 5.91 Å². The predicted octanol–water partition coefficient (Wildman–Crippen LogP) is 2.62. The van der Waals surface area contributed by atoms with Crippen LogP contribution in [-0.2, 0) is 4.79 Å². The zero-order valence-electron chi connectivity index (χ0n) is 11.6. The topological polar surface area (TPSA) is 32.3 Å². The summed E-state index contributed by atoms with van der Waals surface area (Å²) in [5.74, 6) is 1.19. The summed E-state index contributed by atoms with van der Waals surface area (Å²) in [4.78, 5) is 14.0. The predicted molar refractivity (Wildman–Crippen MR) is 75.6 cm³/mol. The third-order valence-corrected chi connectivity index (χ3v) is 4.27. The van der Waals surface area contributed by atoms with E-state index in [-0.39, 0.29) is 12.1 Å². The van der Waals surface area contributed by atoms with Gasteiger partial charge in [-0.25, -0.2) is 0 Å². The van der Waals surface area contributed by atoms with Gasteiger partial charge in [0.15, 0.2) is 0 Å². The summed E-state index contributed by atoms with van der Waals surface area (Å²) in [7, 11) is 0. The van der Waals surface area contributed by atoms with Crippen LogP contribution in [0, 0.1) is 12.8 Å². The summed E-state index contributed by atoms with van der Waals surface area (Å²) in [6.07, 6.45) is 5.29. The summed E-state index contributed by atoms with van der Waals surface area (Å²) < 4.78 is 0. The minimum Gasteiger partial charge on any atom is -0.322 e. The minimum absolute atomic E-state index is 0.0768. The fourth-order valence-electron chi connectivity index (χ4n) is 2.92. The van der Waals surface area contributed by atoms with Crippen LogP contribution in [0.4, 0.5) is 0 Å². The minimum atomic E-state index is 0.0768. The van der Waals surface area contributed by atoms with Gasteiger partial charge in [0.2, 0.25) is 5.91 Å². The smallest absolute Gasteiger partial charge is 0.238 e. The molecular formula is C16H22N2O. The Kier molecular flexibility index (Phi) is 3.56. The van der Waals surface area contributed by atoms with Crippen LogP contribution in [0.15, 0.2) is 24.3 Å². The molecule has 1 aliphatic heterocycles. The quantitative estimate of drug-likeness (QED) is 0.880. The first kappa shape index (κ1) is 12.7. The molecule has 3 nitrogen and oxygen atoms in total. The van der Waals surface area contributed by atoms with Crippen LogP contribution >= 0.6 is 0 Å². The molecule has 1 heterocycles. The lowest BCUT2D eigenvalue weighted by atomic mass is 10.1. The monoisotopic (exact) mass is 258 g/mol.